The highest BCUT2D eigenvalue weighted by atomic mass is 35.5. The van der Waals surface area contributed by atoms with Gasteiger partial charge in [0.2, 0.25) is 11.7 Å². The average molecular weight is 388 g/mol. The maximum absolute atomic E-state index is 5.92. The van der Waals surface area contributed by atoms with Gasteiger partial charge in [0.15, 0.2) is 0 Å². The lowest BCUT2D eigenvalue weighted by Gasteiger charge is -2.33. The van der Waals surface area contributed by atoms with Gasteiger partial charge >= 0.3 is 0 Å². The maximum atomic E-state index is 5.92. The van der Waals surface area contributed by atoms with Crippen molar-refractivity contribution in [2.45, 2.75) is 13.0 Å². The Balaban J connectivity index is 1.25. The molecular weight excluding hydrogens is 366 g/mol. The summed E-state index contributed by atoms with van der Waals surface area (Å²) in [4.78, 5) is 9.31. The van der Waals surface area contributed by atoms with Crippen LogP contribution >= 0.6 is 11.6 Å². The Bertz CT molecular complexity index is 868. The van der Waals surface area contributed by atoms with Crippen LogP contribution in [0.15, 0.2) is 35.0 Å². The summed E-state index contributed by atoms with van der Waals surface area (Å²) in [5, 5.41) is 12.9. The average Bonchev–Trinajstić information content (AvgIpc) is 3.31. The SMILES string of the molecule is Cn1cc(CCN2CCN(Cc3nc(-c4ccc(Cl)cc4)no3)CC2)nn1. The molecule has 1 aliphatic heterocycles. The van der Waals surface area contributed by atoms with E-state index in [1.54, 1.807) is 4.68 Å². The second kappa shape index (κ2) is 8.16. The number of aromatic nitrogens is 5. The molecule has 27 heavy (non-hydrogen) atoms. The molecule has 0 radical (unpaired) electrons. The topological polar surface area (TPSA) is 76.1 Å². The number of rotatable bonds is 6. The van der Waals surface area contributed by atoms with E-state index in [1.165, 1.54) is 0 Å². The van der Waals surface area contributed by atoms with Crippen molar-refractivity contribution in [3.05, 3.63) is 47.1 Å². The van der Waals surface area contributed by atoms with Gasteiger partial charge < -0.3 is 9.42 Å². The fraction of sp³-hybridized carbons (Fsp3) is 0.444. The van der Waals surface area contributed by atoms with Gasteiger partial charge in [0, 0.05) is 63.0 Å². The molecular formula is C18H22ClN7O. The van der Waals surface area contributed by atoms with E-state index in [2.05, 4.69) is 30.3 Å². The minimum absolute atomic E-state index is 0.601. The van der Waals surface area contributed by atoms with Crippen molar-refractivity contribution in [1.82, 2.24) is 34.9 Å². The third kappa shape index (κ3) is 4.71. The van der Waals surface area contributed by atoms with E-state index in [0.29, 0.717) is 23.3 Å². The highest BCUT2D eigenvalue weighted by molar-refractivity contribution is 6.30. The molecule has 1 aliphatic rings. The van der Waals surface area contributed by atoms with Crippen molar-refractivity contribution in [2.75, 3.05) is 32.7 Å². The third-order valence-electron chi connectivity index (χ3n) is 4.73. The first-order valence-electron chi connectivity index (χ1n) is 9.04. The van der Waals surface area contributed by atoms with Gasteiger partial charge in [-0.05, 0) is 24.3 Å². The third-order valence-corrected chi connectivity index (χ3v) is 4.98. The van der Waals surface area contributed by atoms with Crippen molar-refractivity contribution < 1.29 is 4.52 Å². The normalized spacial score (nSPS) is 16.1. The fourth-order valence-electron chi connectivity index (χ4n) is 3.18. The number of nitrogens with zero attached hydrogens (tertiary/aromatic N) is 7. The molecule has 4 rings (SSSR count). The Hall–Kier alpha value is -2.29. The molecule has 0 atom stereocenters. The molecule has 0 amide bonds. The van der Waals surface area contributed by atoms with Crippen molar-refractivity contribution in [3.63, 3.8) is 0 Å². The summed E-state index contributed by atoms with van der Waals surface area (Å²) in [5.41, 5.74) is 1.95. The van der Waals surface area contributed by atoms with E-state index in [4.69, 9.17) is 16.1 Å². The Morgan fingerprint density at radius 3 is 2.52 bits per heavy atom. The van der Waals surface area contributed by atoms with Crippen LogP contribution in [0.2, 0.25) is 5.02 Å². The second-order valence-electron chi connectivity index (χ2n) is 6.77. The molecule has 1 aromatic carbocycles. The predicted molar refractivity (Wildman–Crippen MR) is 101 cm³/mol. The van der Waals surface area contributed by atoms with Gasteiger partial charge in [-0.1, -0.05) is 22.0 Å². The van der Waals surface area contributed by atoms with Crippen LogP contribution in [-0.2, 0) is 20.0 Å². The fourth-order valence-corrected chi connectivity index (χ4v) is 3.31. The number of hydrogen-bond acceptors (Lipinski definition) is 7. The zero-order valence-electron chi connectivity index (χ0n) is 15.3. The zero-order valence-corrected chi connectivity index (χ0v) is 16.0. The van der Waals surface area contributed by atoms with Crippen molar-refractivity contribution in [1.29, 1.82) is 0 Å². The lowest BCUT2D eigenvalue weighted by atomic mass is 10.2. The molecule has 0 bridgehead atoms. The van der Waals surface area contributed by atoms with Crippen LogP contribution in [0.4, 0.5) is 0 Å². The molecule has 0 N–H and O–H groups in total. The first kappa shape index (κ1) is 18.1. The second-order valence-corrected chi connectivity index (χ2v) is 7.21. The molecule has 3 heterocycles. The van der Waals surface area contributed by atoms with Crippen LogP contribution in [0.5, 0.6) is 0 Å². The van der Waals surface area contributed by atoms with Crippen LogP contribution in [0.25, 0.3) is 11.4 Å². The van der Waals surface area contributed by atoms with E-state index in [9.17, 15) is 0 Å². The summed E-state index contributed by atoms with van der Waals surface area (Å²) in [6, 6.07) is 7.44. The lowest BCUT2D eigenvalue weighted by molar-refractivity contribution is 0.117. The summed E-state index contributed by atoms with van der Waals surface area (Å²) in [7, 11) is 1.89. The van der Waals surface area contributed by atoms with Crippen LogP contribution in [0.1, 0.15) is 11.6 Å². The van der Waals surface area contributed by atoms with E-state index in [1.807, 2.05) is 37.5 Å². The lowest BCUT2D eigenvalue weighted by Crippen LogP contribution is -2.46. The van der Waals surface area contributed by atoms with Crippen LogP contribution in [0.3, 0.4) is 0 Å². The van der Waals surface area contributed by atoms with Crippen LogP contribution in [-0.4, -0.2) is 67.7 Å². The molecule has 8 nitrogen and oxygen atoms in total. The van der Waals surface area contributed by atoms with Gasteiger partial charge in [-0.2, -0.15) is 4.98 Å². The van der Waals surface area contributed by atoms with Gasteiger partial charge in [-0.3, -0.25) is 9.58 Å². The van der Waals surface area contributed by atoms with Crippen LogP contribution in [0, 0.1) is 0 Å². The van der Waals surface area contributed by atoms with Gasteiger partial charge in [0.1, 0.15) is 0 Å². The number of piperazine rings is 1. The molecule has 9 heteroatoms. The first-order chi connectivity index (χ1) is 13.2. The Labute approximate surface area is 162 Å². The molecule has 0 saturated carbocycles. The number of halogens is 1. The van der Waals surface area contributed by atoms with Gasteiger partial charge in [-0.25, -0.2) is 0 Å². The Morgan fingerprint density at radius 1 is 1.07 bits per heavy atom. The quantitative estimate of drug-likeness (QED) is 0.639. The highest BCUT2D eigenvalue weighted by Crippen LogP contribution is 2.19. The zero-order chi connectivity index (χ0) is 18.6. The van der Waals surface area contributed by atoms with E-state index < -0.39 is 0 Å². The smallest absolute Gasteiger partial charge is 0.241 e. The number of hydrogen-bond donors (Lipinski definition) is 0. The summed E-state index contributed by atoms with van der Waals surface area (Å²) < 4.78 is 7.17. The van der Waals surface area contributed by atoms with Gasteiger partial charge in [0.25, 0.3) is 0 Å². The molecule has 1 saturated heterocycles. The molecule has 0 aliphatic carbocycles. The molecule has 2 aromatic heterocycles. The van der Waals surface area contributed by atoms with Gasteiger partial charge in [0.05, 0.1) is 12.2 Å². The molecule has 0 unspecified atom stereocenters. The minimum atomic E-state index is 0.601. The predicted octanol–water partition coefficient (Wildman–Crippen LogP) is 1.88. The van der Waals surface area contributed by atoms with Crippen molar-refractivity contribution in [3.8, 4) is 11.4 Å². The van der Waals surface area contributed by atoms with Crippen LogP contribution < -0.4 is 0 Å². The first-order valence-corrected chi connectivity index (χ1v) is 9.42. The maximum Gasteiger partial charge on any atom is 0.241 e. The summed E-state index contributed by atoms with van der Waals surface area (Å²) in [6.45, 7) is 5.71. The summed E-state index contributed by atoms with van der Waals surface area (Å²) in [5.74, 6) is 1.25. The summed E-state index contributed by atoms with van der Waals surface area (Å²) in [6.07, 6.45) is 2.91. The molecule has 0 spiro atoms. The largest absolute Gasteiger partial charge is 0.338 e. The van der Waals surface area contributed by atoms with E-state index in [-0.39, 0.29) is 0 Å². The number of benzene rings is 1. The number of aryl methyl sites for hydroxylation is 1. The van der Waals surface area contributed by atoms with E-state index in [0.717, 1.165) is 50.4 Å². The monoisotopic (exact) mass is 387 g/mol. The molecule has 142 valence electrons. The molecule has 3 aromatic rings. The molecule has 1 fully saturated rings. The Kier molecular flexibility index (Phi) is 5.47. The minimum Gasteiger partial charge on any atom is -0.338 e. The Morgan fingerprint density at radius 2 is 1.81 bits per heavy atom. The van der Waals surface area contributed by atoms with Gasteiger partial charge in [-0.15, -0.1) is 5.10 Å². The van der Waals surface area contributed by atoms with Crippen molar-refractivity contribution in [2.24, 2.45) is 7.05 Å². The summed E-state index contributed by atoms with van der Waals surface area (Å²) >= 11 is 5.92. The standard InChI is InChI=1S/C18H22ClN7O/c1-24-12-16(21-23-24)6-7-25-8-10-26(11-9-25)13-17-20-18(22-27-17)14-2-4-15(19)5-3-14/h2-5,12H,6-11,13H2,1H3. The highest BCUT2D eigenvalue weighted by Gasteiger charge is 2.19. The van der Waals surface area contributed by atoms with E-state index >= 15 is 0 Å². The van der Waals surface area contributed by atoms with Crippen molar-refractivity contribution >= 4 is 11.6 Å².